The summed E-state index contributed by atoms with van der Waals surface area (Å²) < 4.78 is 0. The highest BCUT2D eigenvalue weighted by molar-refractivity contribution is 5.26. The van der Waals surface area contributed by atoms with E-state index in [0.29, 0.717) is 16.7 Å². The summed E-state index contributed by atoms with van der Waals surface area (Å²) in [7, 11) is 0. The fraction of sp³-hybridized carbons (Fsp3) is 0.667. The van der Waals surface area contributed by atoms with Crippen LogP contribution >= 0.6 is 0 Å². The van der Waals surface area contributed by atoms with Crippen LogP contribution in [0.25, 0.3) is 0 Å². The summed E-state index contributed by atoms with van der Waals surface area (Å²) in [5.41, 5.74) is 3.53. The third-order valence-corrected chi connectivity index (χ3v) is 3.34. The molecule has 0 spiro atoms. The van der Waals surface area contributed by atoms with Crippen molar-refractivity contribution in [2.75, 3.05) is 0 Å². The molecule has 0 amide bonds. The van der Waals surface area contributed by atoms with Gasteiger partial charge in [0.15, 0.2) is 0 Å². The van der Waals surface area contributed by atoms with E-state index in [1.165, 1.54) is 17.5 Å². The molecule has 1 unspecified atom stereocenters. The lowest BCUT2D eigenvalue weighted by molar-refractivity contribution is 0.229. The van der Waals surface area contributed by atoms with Crippen LogP contribution in [0.2, 0.25) is 0 Å². The fourth-order valence-corrected chi connectivity index (χ4v) is 2.34. The van der Waals surface area contributed by atoms with Gasteiger partial charge in [0.2, 0.25) is 0 Å². The zero-order valence-corrected chi connectivity index (χ0v) is 12.6. The molecule has 0 aliphatic carbocycles. The highest BCUT2D eigenvalue weighted by Crippen LogP contribution is 2.42. The Balaban J connectivity index is 0.00000289. The highest BCUT2D eigenvalue weighted by atomic mass is 14.3. The molecule has 0 saturated carbocycles. The van der Waals surface area contributed by atoms with Gasteiger partial charge in [-0.2, -0.15) is 0 Å². The number of aryl methyl sites for hydroxylation is 1. The second kappa shape index (κ2) is 5.91. The Morgan fingerprint density at radius 1 is 0.889 bits per heavy atom. The van der Waals surface area contributed by atoms with Gasteiger partial charge in [-0.25, -0.2) is 0 Å². The van der Waals surface area contributed by atoms with Gasteiger partial charge >= 0.3 is 0 Å². The van der Waals surface area contributed by atoms with Crippen LogP contribution < -0.4 is 0 Å². The van der Waals surface area contributed by atoms with Crippen LogP contribution in [0.1, 0.15) is 72.4 Å². The molecule has 104 valence electrons. The molecule has 0 nitrogen and oxygen atoms in total. The van der Waals surface area contributed by atoms with Gasteiger partial charge in [0.25, 0.3) is 0 Å². The van der Waals surface area contributed by atoms with Crippen molar-refractivity contribution in [3.8, 4) is 0 Å². The summed E-state index contributed by atoms with van der Waals surface area (Å²) in [6.07, 6.45) is 1.24. The quantitative estimate of drug-likeness (QED) is 0.584. The molecule has 0 heterocycles. The van der Waals surface area contributed by atoms with Gasteiger partial charge in [-0.3, -0.25) is 0 Å². The average molecular weight is 248 g/mol. The Bertz CT molecular complexity index is 343. The Hall–Kier alpha value is -0.780. The minimum atomic E-state index is 0. The van der Waals surface area contributed by atoms with Gasteiger partial charge in [-0.1, -0.05) is 78.8 Å². The van der Waals surface area contributed by atoms with E-state index < -0.39 is 0 Å². The third kappa shape index (κ3) is 5.25. The summed E-state index contributed by atoms with van der Waals surface area (Å²) in [5.74, 6) is 0.628. The highest BCUT2D eigenvalue weighted by Gasteiger charge is 2.30. The molecule has 1 aromatic rings. The Kier molecular flexibility index (Phi) is 5.65. The van der Waals surface area contributed by atoms with Crippen LogP contribution in [0.15, 0.2) is 24.3 Å². The molecule has 0 aromatic heterocycles. The van der Waals surface area contributed by atoms with Crippen molar-refractivity contribution >= 4 is 0 Å². The molecule has 0 heteroatoms. The summed E-state index contributed by atoms with van der Waals surface area (Å²) >= 11 is 0. The largest absolute Gasteiger partial charge is 0.0776 e. The molecular weight excluding hydrogens is 216 g/mol. The van der Waals surface area contributed by atoms with E-state index in [9.17, 15) is 0 Å². The maximum Gasteiger partial charge on any atom is -0.0108 e. The monoisotopic (exact) mass is 248 g/mol. The first-order chi connectivity index (χ1) is 7.59. The second-order valence-electron chi connectivity index (χ2n) is 7.59. The molecule has 0 aliphatic heterocycles. The molecule has 0 saturated heterocycles. The first kappa shape index (κ1) is 17.2. The predicted octanol–water partition coefficient (Wildman–Crippen LogP) is 6.20. The second-order valence-corrected chi connectivity index (χ2v) is 7.59. The first-order valence-electron chi connectivity index (χ1n) is 6.66. The molecular formula is C18H32. The third-order valence-electron chi connectivity index (χ3n) is 3.34. The Morgan fingerprint density at radius 2 is 1.33 bits per heavy atom. The molecule has 0 fully saturated rings. The molecule has 1 aromatic carbocycles. The summed E-state index contributed by atoms with van der Waals surface area (Å²) in [6.45, 7) is 16.2. The topological polar surface area (TPSA) is 0 Å². The van der Waals surface area contributed by atoms with E-state index in [2.05, 4.69) is 72.7 Å². The Morgan fingerprint density at radius 3 is 1.67 bits per heavy atom. The summed E-state index contributed by atoms with van der Waals surface area (Å²) in [6, 6.07) is 9.07. The van der Waals surface area contributed by atoms with Gasteiger partial charge in [0.05, 0.1) is 0 Å². The predicted molar refractivity (Wildman–Crippen MR) is 84.2 cm³/mol. The molecule has 0 radical (unpaired) electrons. The number of hydrogen-bond donors (Lipinski definition) is 0. The SMILES string of the molecule is C.Cc1ccc(C(CC(C)(C)C)C(C)(C)C)cc1. The van der Waals surface area contributed by atoms with Crippen LogP contribution in [-0.4, -0.2) is 0 Å². The van der Waals surface area contributed by atoms with Crippen LogP contribution in [0.5, 0.6) is 0 Å². The van der Waals surface area contributed by atoms with E-state index >= 15 is 0 Å². The zero-order chi connectivity index (χ0) is 13.3. The Labute approximate surface area is 115 Å². The van der Waals surface area contributed by atoms with Crippen molar-refractivity contribution in [3.63, 3.8) is 0 Å². The molecule has 1 rings (SSSR count). The first-order valence-corrected chi connectivity index (χ1v) is 6.66. The van der Waals surface area contributed by atoms with Crippen LogP contribution in [-0.2, 0) is 0 Å². The standard InChI is InChI=1S/C17H28.CH4/c1-13-8-10-14(11-9-13)15(17(5,6)7)12-16(2,3)4;/h8-11,15H,12H2,1-7H3;1H4. The normalized spacial score (nSPS) is 13.9. The van der Waals surface area contributed by atoms with Crippen molar-refractivity contribution in [3.05, 3.63) is 35.4 Å². The number of hydrogen-bond acceptors (Lipinski definition) is 0. The molecule has 1 atom stereocenters. The zero-order valence-electron chi connectivity index (χ0n) is 12.6. The van der Waals surface area contributed by atoms with E-state index in [1.807, 2.05) is 0 Å². The van der Waals surface area contributed by atoms with Crippen molar-refractivity contribution in [1.82, 2.24) is 0 Å². The van der Waals surface area contributed by atoms with E-state index in [1.54, 1.807) is 0 Å². The molecule has 0 aliphatic rings. The van der Waals surface area contributed by atoms with Gasteiger partial charge in [0.1, 0.15) is 0 Å². The van der Waals surface area contributed by atoms with Crippen LogP contribution in [0.4, 0.5) is 0 Å². The lowest BCUT2D eigenvalue weighted by atomic mass is 9.69. The van der Waals surface area contributed by atoms with Crippen molar-refractivity contribution < 1.29 is 0 Å². The number of rotatable bonds is 2. The lowest BCUT2D eigenvalue weighted by Crippen LogP contribution is -2.23. The minimum Gasteiger partial charge on any atom is -0.0776 e. The summed E-state index contributed by atoms with van der Waals surface area (Å²) in [5, 5.41) is 0. The number of benzene rings is 1. The van der Waals surface area contributed by atoms with Gasteiger partial charge in [0, 0.05) is 0 Å². The maximum absolute atomic E-state index is 2.35. The minimum absolute atomic E-state index is 0. The lowest BCUT2D eigenvalue weighted by Gasteiger charge is -2.36. The van der Waals surface area contributed by atoms with Gasteiger partial charge < -0.3 is 0 Å². The maximum atomic E-state index is 2.35. The van der Waals surface area contributed by atoms with E-state index in [0.717, 1.165) is 0 Å². The van der Waals surface area contributed by atoms with Crippen molar-refractivity contribution in [2.24, 2.45) is 10.8 Å². The van der Waals surface area contributed by atoms with Crippen LogP contribution in [0, 0.1) is 17.8 Å². The van der Waals surface area contributed by atoms with Crippen LogP contribution in [0.3, 0.4) is 0 Å². The van der Waals surface area contributed by atoms with Gasteiger partial charge in [-0.05, 0) is 35.7 Å². The average Bonchev–Trinajstić information content (AvgIpc) is 2.13. The van der Waals surface area contributed by atoms with Gasteiger partial charge in [-0.15, -0.1) is 0 Å². The van der Waals surface area contributed by atoms with E-state index in [4.69, 9.17) is 0 Å². The van der Waals surface area contributed by atoms with E-state index in [-0.39, 0.29) is 7.43 Å². The molecule has 0 bridgehead atoms. The molecule has 0 N–H and O–H groups in total. The van der Waals surface area contributed by atoms with Crippen molar-refractivity contribution in [2.45, 2.75) is 68.2 Å². The smallest absolute Gasteiger partial charge is 0.0108 e. The molecule has 18 heavy (non-hydrogen) atoms. The van der Waals surface area contributed by atoms with Crippen molar-refractivity contribution in [1.29, 1.82) is 0 Å². The summed E-state index contributed by atoms with van der Waals surface area (Å²) in [4.78, 5) is 0. The fourth-order valence-electron chi connectivity index (χ4n) is 2.34.